The third kappa shape index (κ3) is 4.94. The average molecular weight is 389 g/mol. The van der Waals surface area contributed by atoms with Crippen LogP contribution in [0.25, 0.3) is 0 Å². The van der Waals surface area contributed by atoms with Crippen LogP contribution in [0.2, 0.25) is 0 Å². The standard InChI is InChI=1S/C21H28N2O3S/c1-15-21(16(2)24)13-10-19(23-15)14-22-27(25,26)20-11-8-18(9-12-20)17-6-4-3-5-7-17/h8-13,16-17,22,24H,3-7,14H2,1-2H3/t16-/m1/s1. The summed E-state index contributed by atoms with van der Waals surface area (Å²) in [5, 5.41) is 9.67. The van der Waals surface area contributed by atoms with Gasteiger partial charge in [0.25, 0.3) is 0 Å². The maximum absolute atomic E-state index is 12.6. The van der Waals surface area contributed by atoms with Crippen LogP contribution in [0, 0.1) is 6.92 Å². The Labute approximate surface area is 161 Å². The van der Waals surface area contributed by atoms with Gasteiger partial charge in [-0.3, -0.25) is 4.98 Å². The van der Waals surface area contributed by atoms with Gasteiger partial charge in [0.05, 0.1) is 23.2 Å². The number of benzene rings is 1. The molecule has 1 aliphatic rings. The molecule has 1 saturated carbocycles. The molecule has 27 heavy (non-hydrogen) atoms. The highest BCUT2D eigenvalue weighted by atomic mass is 32.2. The molecule has 1 fully saturated rings. The summed E-state index contributed by atoms with van der Waals surface area (Å²) in [6.07, 6.45) is 5.61. The van der Waals surface area contributed by atoms with Gasteiger partial charge in [-0.05, 0) is 56.4 Å². The van der Waals surface area contributed by atoms with Crippen LogP contribution in [0.4, 0.5) is 0 Å². The van der Waals surface area contributed by atoms with Crippen molar-refractivity contribution in [2.45, 2.75) is 69.4 Å². The van der Waals surface area contributed by atoms with Gasteiger partial charge in [-0.15, -0.1) is 0 Å². The van der Waals surface area contributed by atoms with E-state index in [9.17, 15) is 13.5 Å². The number of sulfonamides is 1. The number of nitrogens with one attached hydrogen (secondary N) is 1. The fourth-order valence-corrected chi connectivity index (χ4v) is 4.77. The van der Waals surface area contributed by atoms with Gasteiger partial charge in [0.2, 0.25) is 10.0 Å². The smallest absolute Gasteiger partial charge is 0.240 e. The van der Waals surface area contributed by atoms with Crippen molar-refractivity contribution in [2.75, 3.05) is 0 Å². The van der Waals surface area contributed by atoms with Crippen LogP contribution in [-0.2, 0) is 16.6 Å². The number of nitrogens with zero attached hydrogens (tertiary/aromatic N) is 1. The Hall–Kier alpha value is -1.76. The lowest BCUT2D eigenvalue weighted by molar-refractivity contribution is 0.198. The van der Waals surface area contributed by atoms with E-state index in [2.05, 4.69) is 9.71 Å². The summed E-state index contributed by atoms with van der Waals surface area (Å²) in [5.41, 5.74) is 3.32. The topological polar surface area (TPSA) is 79.3 Å². The lowest BCUT2D eigenvalue weighted by Gasteiger charge is -2.22. The Morgan fingerprint density at radius 1 is 1.11 bits per heavy atom. The van der Waals surface area contributed by atoms with Crippen LogP contribution < -0.4 is 4.72 Å². The van der Waals surface area contributed by atoms with E-state index < -0.39 is 16.1 Å². The molecule has 0 amide bonds. The summed E-state index contributed by atoms with van der Waals surface area (Å²) in [6, 6.07) is 10.8. The number of hydrogen-bond acceptors (Lipinski definition) is 4. The van der Waals surface area contributed by atoms with Gasteiger partial charge < -0.3 is 5.11 Å². The second-order valence-corrected chi connectivity index (χ2v) is 9.15. The van der Waals surface area contributed by atoms with Crippen molar-refractivity contribution in [3.8, 4) is 0 Å². The van der Waals surface area contributed by atoms with Crippen molar-refractivity contribution in [1.29, 1.82) is 0 Å². The number of aliphatic hydroxyl groups is 1. The molecule has 1 aliphatic carbocycles. The zero-order chi connectivity index (χ0) is 19.4. The Bertz CT molecular complexity index is 871. The minimum atomic E-state index is -3.58. The molecule has 6 heteroatoms. The molecule has 0 saturated heterocycles. The van der Waals surface area contributed by atoms with Gasteiger partial charge >= 0.3 is 0 Å². The van der Waals surface area contributed by atoms with E-state index in [-0.39, 0.29) is 11.4 Å². The molecule has 0 bridgehead atoms. The molecular formula is C21H28N2O3S. The van der Waals surface area contributed by atoms with Gasteiger partial charge in [0.15, 0.2) is 0 Å². The Kier molecular flexibility index (Phi) is 6.29. The Morgan fingerprint density at radius 3 is 2.37 bits per heavy atom. The van der Waals surface area contributed by atoms with Crippen LogP contribution in [0.15, 0.2) is 41.3 Å². The van der Waals surface area contributed by atoms with Gasteiger partial charge in [0, 0.05) is 11.3 Å². The summed E-state index contributed by atoms with van der Waals surface area (Å²) >= 11 is 0. The molecule has 0 aliphatic heterocycles. The van der Waals surface area contributed by atoms with Crippen LogP contribution in [0.5, 0.6) is 0 Å². The third-order valence-electron chi connectivity index (χ3n) is 5.34. The minimum Gasteiger partial charge on any atom is -0.389 e. The van der Waals surface area contributed by atoms with Gasteiger partial charge in [-0.1, -0.05) is 37.5 Å². The lowest BCUT2D eigenvalue weighted by atomic mass is 9.84. The first-order valence-electron chi connectivity index (χ1n) is 9.61. The van der Waals surface area contributed by atoms with Crippen LogP contribution in [-0.4, -0.2) is 18.5 Å². The highest BCUT2D eigenvalue weighted by molar-refractivity contribution is 7.89. The second kappa shape index (κ2) is 8.50. The Morgan fingerprint density at radius 2 is 1.78 bits per heavy atom. The average Bonchev–Trinajstić information content (AvgIpc) is 2.67. The third-order valence-corrected chi connectivity index (χ3v) is 6.76. The van der Waals surface area contributed by atoms with E-state index in [1.807, 2.05) is 19.1 Å². The maximum Gasteiger partial charge on any atom is 0.240 e. The van der Waals surface area contributed by atoms with Gasteiger partial charge in [-0.2, -0.15) is 0 Å². The van der Waals surface area contributed by atoms with Gasteiger partial charge in [0.1, 0.15) is 0 Å². The first kappa shape index (κ1) is 20.0. The van der Waals surface area contributed by atoms with E-state index in [0.717, 1.165) is 5.56 Å². The van der Waals surface area contributed by atoms with Crippen molar-refractivity contribution in [3.05, 3.63) is 58.9 Å². The van der Waals surface area contributed by atoms with Crippen molar-refractivity contribution in [1.82, 2.24) is 9.71 Å². The fourth-order valence-electron chi connectivity index (χ4n) is 3.77. The summed E-state index contributed by atoms with van der Waals surface area (Å²) in [6.45, 7) is 3.61. The summed E-state index contributed by atoms with van der Waals surface area (Å²) in [7, 11) is -3.58. The number of pyridine rings is 1. The quantitative estimate of drug-likeness (QED) is 0.785. The monoisotopic (exact) mass is 388 g/mol. The molecule has 1 aromatic carbocycles. The molecule has 1 atom stereocenters. The molecule has 146 valence electrons. The molecule has 0 unspecified atom stereocenters. The molecule has 1 heterocycles. The number of aromatic nitrogens is 1. The van der Waals surface area contributed by atoms with E-state index in [1.165, 1.54) is 37.7 Å². The van der Waals surface area contributed by atoms with Crippen LogP contribution in [0.1, 0.15) is 73.6 Å². The predicted octanol–water partition coefficient (Wildman–Crippen LogP) is 3.97. The first-order valence-corrected chi connectivity index (χ1v) is 11.1. The molecule has 3 rings (SSSR count). The zero-order valence-electron chi connectivity index (χ0n) is 16.0. The zero-order valence-corrected chi connectivity index (χ0v) is 16.8. The number of aliphatic hydroxyl groups excluding tert-OH is 1. The summed E-state index contributed by atoms with van der Waals surface area (Å²) < 4.78 is 27.8. The van der Waals surface area contributed by atoms with E-state index >= 15 is 0 Å². The van der Waals surface area contributed by atoms with E-state index in [4.69, 9.17) is 0 Å². The number of rotatable bonds is 6. The van der Waals surface area contributed by atoms with Crippen molar-refractivity contribution >= 4 is 10.0 Å². The van der Waals surface area contributed by atoms with Crippen LogP contribution in [0.3, 0.4) is 0 Å². The predicted molar refractivity (Wildman–Crippen MR) is 106 cm³/mol. The van der Waals surface area contributed by atoms with E-state index in [0.29, 0.717) is 17.3 Å². The summed E-state index contributed by atoms with van der Waals surface area (Å²) in [5.74, 6) is 0.558. The van der Waals surface area contributed by atoms with Crippen molar-refractivity contribution in [2.24, 2.45) is 0 Å². The van der Waals surface area contributed by atoms with Crippen LogP contribution >= 0.6 is 0 Å². The minimum absolute atomic E-state index is 0.119. The molecule has 0 spiro atoms. The maximum atomic E-state index is 12.6. The van der Waals surface area contributed by atoms with Crippen molar-refractivity contribution in [3.63, 3.8) is 0 Å². The highest BCUT2D eigenvalue weighted by Crippen LogP contribution is 2.32. The number of hydrogen-bond donors (Lipinski definition) is 2. The lowest BCUT2D eigenvalue weighted by Crippen LogP contribution is -2.24. The normalized spacial score (nSPS) is 17.0. The van der Waals surface area contributed by atoms with Gasteiger partial charge in [-0.25, -0.2) is 13.1 Å². The van der Waals surface area contributed by atoms with E-state index in [1.54, 1.807) is 31.2 Å². The molecule has 0 radical (unpaired) electrons. The summed E-state index contributed by atoms with van der Waals surface area (Å²) in [4.78, 5) is 4.66. The largest absolute Gasteiger partial charge is 0.389 e. The molecule has 1 aromatic heterocycles. The fraction of sp³-hybridized carbons (Fsp3) is 0.476. The molecule has 2 aromatic rings. The van der Waals surface area contributed by atoms with Crippen molar-refractivity contribution < 1.29 is 13.5 Å². The molecular weight excluding hydrogens is 360 g/mol. The molecule has 2 N–H and O–H groups in total. The highest BCUT2D eigenvalue weighted by Gasteiger charge is 2.18. The SMILES string of the molecule is Cc1nc(CNS(=O)(=O)c2ccc(C3CCCCC3)cc2)ccc1[C@@H](C)O. The second-order valence-electron chi connectivity index (χ2n) is 7.38. The molecule has 5 nitrogen and oxygen atoms in total. The number of aryl methyl sites for hydroxylation is 1. The first-order chi connectivity index (χ1) is 12.9. The Balaban J connectivity index is 1.66.